The lowest BCUT2D eigenvalue weighted by molar-refractivity contribution is -0.137. The van der Waals surface area contributed by atoms with Gasteiger partial charge in [0.15, 0.2) is 0 Å². The Bertz CT molecular complexity index is 1180. The maximum atomic E-state index is 13.2. The van der Waals surface area contributed by atoms with E-state index < -0.39 is 27.7 Å². The molecule has 1 saturated heterocycles. The van der Waals surface area contributed by atoms with Crippen molar-refractivity contribution >= 4 is 21.8 Å². The zero-order valence-electron chi connectivity index (χ0n) is 19.6. The topological polar surface area (TPSA) is 95.6 Å². The van der Waals surface area contributed by atoms with E-state index in [9.17, 15) is 31.2 Å². The molecule has 2 aromatic rings. The molecule has 11 heteroatoms. The Balaban J connectivity index is 1.58. The minimum atomic E-state index is -4.40. The summed E-state index contributed by atoms with van der Waals surface area (Å²) in [5.74, 6) is -0.777. The third kappa shape index (κ3) is 7.17. The molecule has 2 amide bonds. The second-order valence-corrected chi connectivity index (χ2v) is 10.4. The molecule has 2 N–H and O–H groups in total. The van der Waals surface area contributed by atoms with Crippen molar-refractivity contribution in [2.45, 2.75) is 42.8 Å². The van der Waals surface area contributed by atoms with Gasteiger partial charge in [-0.1, -0.05) is 25.1 Å². The summed E-state index contributed by atoms with van der Waals surface area (Å²) in [4.78, 5) is 24.1. The lowest BCUT2D eigenvalue weighted by Crippen LogP contribution is -2.44. The third-order valence-corrected chi connectivity index (χ3v) is 7.78. The van der Waals surface area contributed by atoms with E-state index in [1.807, 2.05) is 0 Å². The highest BCUT2D eigenvalue weighted by Gasteiger charge is 2.30. The van der Waals surface area contributed by atoms with Crippen molar-refractivity contribution in [2.75, 3.05) is 19.6 Å². The molecule has 0 aliphatic carbocycles. The molecule has 1 fully saturated rings. The van der Waals surface area contributed by atoms with Crippen LogP contribution < -0.4 is 10.6 Å². The number of sulfonamides is 1. The highest BCUT2D eigenvalue weighted by atomic mass is 32.2. The highest BCUT2D eigenvalue weighted by molar-refractivity contribution is 7.89. The number of hydrogen-bond acceptors (Lipinski definition) is 4. The molecule has 1 aliphatic rings. The first-order valence-corrected chi connectivity index (χ1v) is 12.9. The minimum absolute atomic E-state index is 0.0412. The first-order valence-electron chi connectivity index (χ1n) is 11.5. The van der Waals surface area contributed by atoms with E-state index in [2.05, 4.69) is 17.2 Å². The van der Waals surface area contributed by atoms with E-state index in [0.717, 1.165) is 24.6 Å². The van der Waals surface area contributed by atoms with Crippen molar-refractivity contribution in [2.24, 2.45) is 0 Å². The predicted octanol–water partition coefficient (Wildman–Crippen LogP) is 3.52. The van der Waals surface area contributed by atoms with Gasteiger partial charge in [-0.25, -0.2) is 8.42 Å². The molecule has 36 heavy (non-hydrogen) atoms. The van der Waals surface area contributed by atoms with Crippen molar-refractivity contribution in [3.63, 3.8) is 0 Å². The SMILES string of the molecule is C=CC(=O)NC1CCCCN(S(=O)(=O)c2ccc(C(=O)NCCc3ccc(C(F)(F)F)cc3)cc2)C1. The Morgan fingerprint density at radius 1 is 1.06 bits per heavy atom. The quantitative estimate of drug-likeness (QED) is 0.518. The zero-order chi connectivity index (χ0) is 26.3. The summed E-state index contributed by atoms with van der Waals surface area (Å²) in [6.07, 6.45) is -0.801. The van der Waals surface area contributed by atoms with Gasteiger partial charge in [-0.15, -0.1) is 0 Å². The maximum Gasteiger partial charge on any atom is 0.416 e. The predicted molar refractivity (Wildman–Crippen MR) is 129 cm³/mol. The molecule has 1 heterocycles. The molecular weight excluding hydrogens is 495 g/mol. The molecule has 1 aliphatic heterocycles. The number of amides is 2. The van der Waals surface area contributed by atoms with Crippen molar-refractivity contribution in [3.8, 4) is 0 Å². The van der Waals surface area contributed by atoms with Crippen LogP contribution in [0, 0.1) is 0 Å². The maximum absolute atomic E-state index is 13.2. The molecule has 3 rings (SSSR count). The normalized spacial score (nSPS) is 17.1. The van der Waals surface area contributed by atoms with Crippen LogP contribution in [0.15, 0.2) is 66.1 Å². The lowest BCUT2D eigenvalue weighted by Gasteiger charge is -2.24. The summed E-state index contributed by atoms with van der Waals surface area (Å²) in [6.45, 7) is 4.10. The second-order valence-electron chi connectivity index (χ2n) is 8.49. The molecular formula is C25H28F3N3O4S. The summed E-state index contributed by atoms with van der Waals surface area (Å²) in [5.41, 5.74) is 0.167. The van der Waals surface area contributed by atoms with Crippen LogP contribution in [0.4, 0.5) is 13.2 Å². The molecule has 0 spiro atoms. The summed E-state index contributed by atoms with van der Waals surface area (Å²) >= 11 is 0. The van der Waals surface area contributed by atoms with Gasteiger partial charge in [-0.05, 0) is 67.3 Å². The van der Waals surface area contributed by atoms with Crippen LogP contribution in [0.5, 0.6) is 0 Å². The van der Waals surface area contributed by atoms with Crippen LogP contribution in [0.25, 0.3) is 0 Å². The Kier molecular flexibility index (Phi) is 8.91. The van der Waals surface area contributed by atoms with E-state index in [0.29, 0.717) is 31.4 Å². The van der Waals surface area contributed by atoms with Crippen LogP contribution >= 0.6 is 0 Å². The number of nitrogens with one attached hydrogen (secondary N) is 2. The van der Waals surface area contributed by atoms with Crippen molar-refractivity contribution in [1.82, 2.24) is 14.9 Å². The van der Waals surface area contributed by atoms with Gasteiger partial charge in [0.2, 0.25) is 15.9 Å². The summed E-state index contributed by atoms with van der Waals surface area (Å²) in [5, 5.41) is 5.44. The highest BCUT2D eigenvalue weighted by Crippen LogP contribution is 2.29. The Morgan fingerprint density at radius 2 is 1.72 bits per heavy atom. The zero-order valence-corrected chi connectivity index (χ0v) is 20.4. The van der Waals surface area contributed by atoms with Gasteiger partial charge in [0, 0.05) is 31.2 Å². The van der Waals surface area contributed by atoms with E-state index in [1.54, 1.807) is 0 Å². The molecule has 0 aromatic heterocycles. The summed E-state index contributed by atoms with van der Waals surface area (Å²) < 4.78 is 65.6. The number of nitrogens with zero attached hydrogens (tertiary/aromatic N) is 1. The molecule has 0 saturated carbocycles. The molecule has 7 nitrogen and oxygen atoms in total. The monoisotopic (exact) mass is 523 g/mol. The van der Waals surface area contributed by atoms with Gasteiger partial charge in [0.25, 0.3) is 5.91 Å². The number of halogens is 3. The molecule has 0 bridgehead atoms. The molecule has 0 radical (unpaired) electrons. The number of rotatable bonds is 8. The van der Waals surface area contributed by atoms with Gasteiger partial charge >= 0.3 is 6.18 Å². The van der Waals surface area contributed by atoms with Crippen LogP contribution in [0.1, 0.15) is 40.7 Å². The molecule has 194 valence electrons. The lowest BCUT2D eigenvalue weighted by atomic mass is 10.1. The van der Waals surface area contributed by atoms with Gasteiger partial charge in [0.1, 0.15) is 0 Å². The second kappa shape index (κ2) is 11.7. The van der Waals surface area contributed by atoms with Gasteiger partial charge in [0.05, 0.1) is 10.5 Å². The number of alkyl halides is 3. The van der Waals surface area contributed by atoms with Gasteiger partial charge in [-0.3, -0.25) is 9.59 Å². The smallest absolute Gasteiger partial charge is 0.352 e. The molecule has 1 atom stereocenters. The number of hydrogen-bond donors (Lipinski definition) is 2. The Labute approximate surface area is 208 Å². The van der Waals surface area contributed by atoms with E-state index in [4.69, 9.17) is 0 Å². The van der Waals surface area contributed by atoms with Crippen molar-refractivity contribution < 1.29 is 31.2 Å². The van der Waals surface area contributed by atoms with Crippen molar-refractivity contribution in [1.29, 1.82) is 0 Å². The largest absolute Gasteiger partial charge is 0.416 e. The minimum Gasteiger partial charge on any atom is -0.352 e. The third-order valence-electron chi connectivity index (χ3n) is 5.90. The Hall–Kier alpha value is -3.18. The number of carbonyl (C=O) groups excluding carboxylic acids is 2. The van der Waals surface area contributed by atoms with Crippen LogP contribution in [0.2, 0.25) is 0 Å². The van der Waals surface area contributed by atoms with Crippen LogP contribution in [-0.4, -0.2) is 50.2 Å². The fourth-order valence-electron chi connectivity index (χ4n) is 3.91. The average Bonchev–Trinajstić information content (AvgIpc) is 3.10. The molecule has 2 aromatic carbocycles. The Morgan fingerprint density at radius 3 is 2.33 bits per heavy atom. The van der Waals surface area contributed by atoms with Gasteiger partial charge < -0.3 is 10.6 Å². The first-order chi connectivity index (χ1) is 17.0. The van der Waals surface area contributed by atoms with Crippen LogP contribution in [-0.2, 0) is 27.4 Å². The fourth-order valence-corrected chi connectivity index (χ4v) is 5.44. The van der Waals surface area contributed by atoms with Crippen LogP contribution in [0.3, 0.4) is 0 Å². The number of carbonyl (C=O) groups is 2. The van der Waals surface area contributed by atoms with E-state index >= 15 is 0 Å². The summed E-state index contributed by atoms with van der Waals surface area (Å²) in [7, 11) is -3.83. The summed E-state index contributed by atoms with van der Waals surface area (Å²) in [6, 6.07) is 9.96. The average molecular weight is 524 g/mol. The van der Waals surface area contributed by atoms with E-state index in [1.165, 1.54) is 40.7 Å². The van der Waals surface area contributed by atoms with Gasteiger partial charge in [-0.2, -0.15) is 17.5 Å². The fraction of sp³-hybridized carbons (Fsp3) is 0.360. The number of benzene rings is 2. The van der Waals surface area contributed by atoms with Crippen molar-refractivity contribution in [3.05, 3.63) is 77.9 Å². The first kappa shape index (κ1) is 27.4. The standard InChI is InChI=1S/C25H28F3N3O4S/c1-2-23(32)30-21-5-3-4-16-31(17-21)36(34,35)22-12-8-19(9-13-22)24(33)29-15-14-18-6-10-20(11-7-18)25(26,27)28/h2,6-13,21H,1,3-5,14-17H2,(H,29,33)(H,30,32). The van der Waals surface area contributed by atoms with E-state index in [-0.39, 0.29) is 35.5 Å². The molecule has 1 unspecified atom stereocenters.